The summed E-state index contributed by atoms with van der Waals surface area (Å²) >= 11 is 0. The van der Waals surface area contributed by atoms with Gasteiger partial charge in [-0.25, -0.2) is 0 Å². The first-order valence-electron chi connectivity index (χ1n) is 6.45. The SMILES string of the molecule is CCCCC(CC(=O)O)C1CCCCC1. The minimum absolute atomic E-state index is 0.394. The molecule has 0 aromatic rings. The third kappa shape index (κ3) is 4.67. The van der Waals surface area contributed by atoms with Gasteiger partial charge in [-0.2, -0.15) is 0 Å². The summed E-state index contributed by atoms with van der Waals surface area (Å²) in [5.74, 6) is 0.533. The van der Waals surface area contributed by atoms with Gasteiger partial charge in [0.05, 0.1) is 0 Å². The molecule has 0 radical (unpaired) electrons. The van der Waals surface area contributed by atoms with Crippen LogP contribution in [0.4, 0.5) is 0 Å². The molecule has 0 bridgehead atoms. The lowest BCUT2D eigenvalue weighted by atomic mass is 9.76. The van der Waals surface area contributed by atoms with Gasteiger partial charge in [0.2, 0.25) is 0 Å². The van der Waals surface area contributed by atoms with Crippen LogP contribution < -0.4 is 0 Å². The van der Waals surface area contributed by atoms with E-state index in [1.54, 1.807) is 0 Å². The molecule has 0 heterocycles. The van der Waals surface area contributed by atoms with Crippen molar-refractivity contribution in [3.63, 3.8) is 0 Å². The zero-order valence-electron chi connectivity index (χ0n) is 9.87. The molecule has 1 fully saturated rings. The lowest BCUT2D eigenvalue weighted by molar-refractivity contribution is -0.138. The molecule has 2 nitrogen and oxygen atoms in total. The fraction of sp³-hybridized carbons (Fsp3) is 0.923. The van der Waals surface area contributed by atoms with Crippen molar-refractivity contribution >= 4 is 5.97 Å². The van der Waals surface area contributed by atoms with Gasteiger partial charge in [-0.15, -0.1) is 0 Å². The third-order valence-corrected chi connectivity index (χ3v) is 3.68. The maximum Gasteiger partial charge on any atom is 0.303 e. The fourth-order valence-electron chi connectivity index (χ4n) is 2.80. The lowest BCUT2D eigenvalue weighted by Gasteiger charge is -2.29. The van der Waals surface area contributed by atoms with Crippen LogP contribution in [0.1, 0.15) is 64.7 Å². The number of carboxylic acid groups (broad SMARTS) is 1. The van der Waals surface area contributed by atoms with E-state index in [1.807, 2.05) is 0 Å². The van der Waals surface area contributed by atoms with Crippen LogP contribution in [0.5, 0.6) is 0 Å². The molecular weight excluding hydrogens is 188 g/mol. The summed E-state index contributed by atoms with van der Waals surface area (Å²) in [6, 6.07) is 0. The van der Waals surface area contributed by atoms with E-state index in [0.29, 0.717) is 18.3 Å². The second-order valence-electron chi connectivity index (χ2n) is 4.90. The molecule has 1 unspecified atom stereocenters. The summed E-state index contributed by atoms with van der Waals surface area (Å²) < 4.78 is 0. The fourth-order valence-corrected chi connectivity index (χ4v) is 2.80. The summed E-state index contributed by atoms with van der Waals surface area (Å²) in [7, 11) is 0. The topological polar surface area (TPSA) is 37.3 Å². The van der Waals surface area contributed by atoms with Gasteiger partial charge in [0, 0.05) is 6.42 Å². The van der Waals surface area contributed by atoms with Crippen LogP contribution >= 0.6 is 0 Å². The molecule has 0 saturated heterocycles. The highest BCUT2D eigenvalue weighted by Crippen LogP contribution is 2.34. The Morgan fingerprint density at radius 2 is 2.00 bits per heavy atom. The summed E-state index contributed by atoms with van der Waals surface area (Å²) in [4.78, 5) is 10.8. The predicted octanol–water partition coefficient (Wildman–Crippen LogP) is 3.85. The van der Waals surface area contributed by atoms with Crippen molar-refractivity contribution in [2.24, 2.45) is 11.8 Å². The highest BCUT2D eigenvalue weighted by molar-refractivity contribution is 5.67. The maximum absolute atomic E-state index is 10.8. The second kappa shape index (κ2) is 6.86. The lowest BCUT2D eigenvalue weighted by Crippen LogP contribution is -2.21. The van der Waals surface area contributed by atoms with E-state index in [9.17, 15) is 4.79 Å². The average molecular weight is 212 g/mol. The molecule has 0 aliphatic heterocycles. The highest BCUT2D eigenvalue weighted by Gasteiger charge is 2.24. The summed E-state index contributed by atoms with van der Waals surface area (Å²) in [6.45, 7) is 2.18. The van der Waals surface area contributed by atoms with Crippen molar-refractivity contribution in [2.45, 2.75) is 64.7 Å². The molecule has 1 N–H and O–H groups in total. The van der Waals surface area contributed by atoms with Crippen molar-refractivity contribution < 1.29 is 9.90 Å². The van der Waals surface area contributed by atoms with Gasteiger partial charge in [-0.05, 0) is 18.3 Å². The number of carbonyl (C=O) groups is 1. The molecule has 1 atom stereocenters. The second-order valence-corrected chi connectivity index (χ2v) is 4.90. The van der Waals surface area contributed by atoms with Gasteiger partial charge in [0.25, 0.3) is 0 Å². The van der Waals surface area contributed by atoms with E-state index < -0.39 is 5.97 Å². The summed E-state index contributed by atoms with van der Waals surface area (Å²) in [5.41, 5.74) is 0. The Bertz CT molecular complexity index is 183. The third-order valence-electron chi connectivity index (χ3n) is 3.68. The van der Waals surface area contributed by atoms with Crippen molar-refractivity contribution in [2.75, 3.05) is 0 Å². The summed E-state index contributed by atoms with van der Waals surface area (Å²) in [5, 5.41) is 8.91. The Morgan fingerprint density at radius 3 is 2.53 bits per heavy atom. The van der Waals surface area contributed by atoms with Crippen LogP contribution in [0.3, 0.4) is 0 Å². The predicted molar refractivity (Wildman–Crippen MR) is 61.8 cm³/mol. The van der Waals surface area contributed by atoms with Crippen molar-refractivity contribution in [3.8, 4) is 0 Å². The van der Waals surface area contributed by atoms with Gasteiger partial charge >= 0.3 is 5.97 Å². The number of hydrogen-bond acceptors (Lipinski definition) is 1. The number of rotatable bonds is 6. The monoisotopic (exact) mass is 212 g/mol. The van der Waals surface area contributed by atoms with Gasteiger partial charge in [0.1, 0.15) is 0 Å². The molecule has 1 saturated carbocycles. The molecule has 0 aromatic heterocycles. The minimum atomic E-state index is -0.610. The quantitative estimate of drug-likeness (QED) is 0.726. The minimum Gasteiger partial charge on any atom is -0.481 e. The average Bonchev–Trinajstić information content (AvgIpc) is 2.25. The Hall–Kier alpha value is -0.530. The van der Waals surface area contributed by atoms with Gasteiger partial charge in [0.15, 0.2) is 0 Å². The van der Waals surface area contributed by atoms with Crippen molar-refractivity contribution in [1.29, 1.82) is 0 Å². The first kappa shape index (κ1) is 12.5. The zero-order valence-corrected chi connectivity index (χ0v) is 9.87. The van der Waals surface area contributed by atoms with Crippen LogP contribution in [0.2, 0.25) is 0 Å². The number of hydrogen-bond donors (Lipinski definition) is 1. The van der Waals surface area contributed by atoms with E-state index in [-0.39, 0.29) is 0 Å². The Labute approximate surface area is 93.1 Å². The van der Waals surface area contributed by atoms with Gasteiger partial charge in [-0.1, -0.05) is 51.9 Å². The molecule has 1 aliphatic carbocycles. The molecular formula is C13H24O2. The Balaban J connectivity index is 2.41. The molecule has 0 amide bonds. The molecule has 88 valence electrons. The molecule has 0 spiro atoms. The van der Waals surface area contributed by atoms with Crippen LogP contribution in [0.15, 0.2) is 0 Å². The van der Waals surface area contributed by atoms with Crippen LogP contribution in [0, 0.1) is 11.8 Å². The summed E-state index contributed by atoms with van der Waals surface area (Å²) in [6.07, 6.45) is 10.4. The zero-order chi connectivity index (χ0) is 11.1. The number of aliphatic carboxylic acids is 1. The van der Waals surface area contributed by atoms with Gasteiger partial charge in [-0.3, -0.25) is 4.79 Å². The normalized spacial score (nSPS) is 20.1. The molecule has 1 aliphatic rings. The van der Waals surface area contributed by atoms with E-state index in [1.165, 1.54) is 44.9 Å². The van der Waals surface area contributed by atoms with Crippen LogP contribution in [-0.4, -0.2) is 11.1 Å². The van der Waals surface area contributed by atoms with Gasteiger partial charge < -0.3 is 5.11 Å². The molecule has 0 aromatic carbocycles. The Kier molecular flexibility index (Phi) is 5.74. The van der Waals surface area contributed by atoms with E-state index in [0.717, 1.165) is 6.42 Å². The first-order chi connectivity index (χ1) is 7.24. The van der Waals surface area contributed by atoms with Crippen molar-refractivity contribution in [1.82, 2.24) is 0 Å². The highest BCUT2D eigenvalue weighted by atomic mass is 16.4. The van der Waals surface area contributed by atoms with Crippen LogP contribution in [0.25, 0.3) is 0 Å². The van der Waals surface area contributed by atoms with E-state index in [4.69, 9.17) is 5.11 Å². The standard InChI is InChI=1S/C13H24O2/c1-2-3-7-12(10-13(14)15)11-8-5-4-6-9-11/h11-12H,2-10H2,1H3,(H,14,15). The Morgan fingerprint density at radius 1 is 1.33 bits per heavy atom. The van der Waals surface area contributed by atoms with E-state index in [2.05, 4.69) is 6.92 Å². The largest absolute Gasteiger partial charge is 0.481 e. The number of unbranched alkanes of at least 4 members (excludes halogenated alkanes) is 1. The first-order valence-corrected chi connectivity index (χ1v) is 6.45. The smallest absolute Gasteiger partial charge is 0.303 e. The van der Waals surface area contributed by atoms with Crippen LogP contribution in [-0.2, 0) is 4.79 Å². The molecule has 1 rings (SSSR count). The molecule has 2 heteroatoms. The number of carboxylic acids is 1. The maximum atomic E-state index is 10.8. The van der Waals surface area contributed by atoms with Crippen molar-refractivity contribution in [3.05, 3.63) is 0 Å². The molecule has 15 heavy (non-hydrogen) atoms. The van der Waals surface area contributed by atoms with E-state index >= 15 is 0 Å².